The molecule has 3 rings (SSSR count). The number of anilines is 1. The third-order valence-corrected chi connectivity index (χ3v) is 4.28. The number of ether oxygens (including phenoxy) is 1. The van der Waals surface area contributed by atoms with E-state index in [1.54, 1.807) is 0 Å². The van der Waals surface area contributed by atoms with Gasteiger partial charge in [-0.3, -0.25) is 9.59 Å². The second kappa shape index (κ2) is 6.75. The highest BCUT2D eigenvalue weighted by Gasteiger charge is 2.37. The van der Waals surface area contributed by atoms with E-state index in [1.807, 2.05) is 45.9 Å². The van der Waals surface area contributed by atoms with Crippen LogP contribution in [0.5, 0.6) is 0 Å². The van der Waals surface area contributed by atoms with Gasteiger partial charge in [0, 0.05) is 0 Å². The Labute approximate surface area is 152 Å². The van der Waals surface area contributed by atoms with Crippen molar-refractivity contribution in [3.8, 4) is 0 Å². The van der Waals surface area contributed by atoms with Crippen molar-refractivity contribution in [1.29, 1.82) is 0 Å². The lowest BCUT2D eigenvalue weighted by atomic mass is 10.1. The first kappa shape index (κ1) is 17.9. The summed E-state index contributed by atoms with van der Waals surface area (Å²) in [6, 6.07) is 10.1. The van der Waals surface area contributed by atoms with E-state index in [9.17, 15) is 14.4 Å². The number of benzene rings is 2. The minimum absolute atomic E-state index is 0.219. The molecule has 5 nitrogen and oxygen atoms in total. The number of fused-ring (bicyclic) bond motifs is 1. The Kier molecular flexibility index (Phi) is 4.64. The molecule has 0 bridgehead atoms. The van der Waals surface area contributed by atoms with Crippen molar-refractivity contribution < 1.29 is 19.1 Å². The monoisotopic (exact) mass is 351 g/mol. The van der Waals surface area contributed by atoms with Gasteiger partial charge in [0.25, 0.3) is 11.8 Å². The molecule has 2 aromatic carbocycles. The van der Waals surface area contributed by atoms with Gasteiger partial charge in [0.15, 0.2) is 0 Å². The summed E-state index contributed by atoms with van der Waals surface area (Å²) >= 11 is 0. The summed E-state index contributed by atoms with van der Waals surface area (Å²) in [6.07, 6.45) is 0. The minimum Gasteiger partial charge on any atom is -0.462 e. The normalized spacial score (nSPS) is 13.3. The molecule has 0 fully saturated rings. The van der Waals surface area contributed by atoms with Crippen LogP contribution in [-0.2, 0) is 4.74 Å². The first-order valence-electron chi connectivity index (χ1n) is 8.57. The van der Waals surface area contributed by atoms with E-state index < -0.39 is 11.9 Å². The fraction of sp³-hybridized carbons (Fsp3) is 0.286. The van der Waals surface area contributed by atoms with Crippen LogP contribution in [0, 0.1) is 19.8 Å². The van der Waals surface area contributed by atoms with Gasteiger partial charge in [-0.25, -0.2) is 9.69 Å². The maximum atomic E-state index is 12.9. The lowest BCUT2D eigenvalue weighted by Gasteiger charge is -2.17. The highest BCUT2D eigenvalue weighted by molar-refractivity contribution is 6.35. The Balaban J connectivity index is 1.95. The number of hydrogen-bond donors (Lipinski definition) is 0. The van der Waals surface area contributed by atoms with Crippen LogP contribution in [0.3, 0.4) is 0 Å². The summed E-state index contributed by atoms with van der Waals surface area (Å²) in [5.74, 6) is -1.07. The Morgan fingerprint density at radius 1 is 1.00 bits per heavy atom. The number of hydrogen-bond acceptors (Lipinski definition) is 4. The molecule has 1 heterocycles. The van der Waals surface area contributed by atoms with Gasteiger partial charge in [-0.15, -0.1) is 0 Å². The second-order valence-corrected chi connectivity index (χ2v) is 6.99. The zero-order valence-electron chi connectivity index (χ0n) is 15.3. The molecule has 0 aromatic heterocycles. The number of carbonyl (C=O) groups excluding carboxylic acids is 3. The summed E-state index contributed by atoms with van der Waals surface area (Å²) in [6.45, 7) is 7.95. The Hall–Kier alpha value is -2.95. The third-order valence-electron chi connectivity index (χ3n) is 4.28. The van der Waals surface area contributed by atoms with Crippen LogP contribution < -0.4 is 4.90 Å². The van der Waals surface area contributed by atoms with Gasteiger partial charge in [0.1, 0.15) is 0 Å². The van der Waals surface area contributed by atoms with Crippen LogP contribution >= 0.6 is 0 Å². The molecule has 2 amide bonds. The molecular formula is C21H21NO4. The molecule has 0 aliphatic carbocycles. The molecule has 0 saturated carbocycles. The molecule has 134 valence electrons. The standard InChI is InChI=1S/C21H21NO4/c1-12(2)11-26-21(25)15-7-8-16-17(10-15)20(24)22(19(16)23)18-9-13(3)5-6-14(18)4/h5-10,12H,11H2,1-4H3. The quantitative estimate of drug-likeness (QED) is 0.619. The van der Waals surface area contributed by atoms with Crippen molar-refractivity contribution in [2.75, 3.05) is 11.5 Å². The maximum Gasteiger partial charge on any atom is 0.338 e. The van der Waals surface area contributed by atoms with Crippen LogP contribution in [-0.4, -0.2) is 24.4 Å². The highest BCUT2D eigenvalue weighted by Crippen LogP contribution is 2.31. The summed E-state index contributed by atoms with van der Waals surface area (Å²) in [5.41, 5.74) is 3.17. The van der Waals surface area contributed by atoms with E-state index in [-0.39, 0.29) is 23.0 Å². The number of nitrogens with zero attached hydrogens (tertiary/aromatic N) is 1. The van der Waals surface area contributed by atoms with E-state index in [0.29, 0.717) is 17.9 Å². The lowest BCUT2D eigenvalue weighted by molar-refractivity contribution is 0.0458. The van der Waals surface area contributed by atoms with E-state index in [2.05, 4.69) is 0 Å². The van der Waals surface area contributed by atoms with Crippen LogP contribution in [0.25, 0.3) is 0 Å². The summed E-state index contributed by atoms with van der Waals surface area (Å²) in [5, 5.41) is 0. The van der Waals surface area contributed by atoms with Crippen molar-refractivity contribution in [1.82, 2.24) is 0 Å². The van der Waals surface area contributed by atoms with Crippen molar-refractivity contribution >= 4 is 23.5 Å². The van der Waals surface area contributed by atoms with Gasteiger partial charge in [-0.2, -0.15) is 0 Å². The molecule has 2 aromatic rings. The predicted octanol–water partition coefficient (Wildman–Crippen LogP) is 3.92. The molecular weight excluding hydrogens is 330 g/mol. The number of rotatable bonds is 4. The fourth-order valence-electron chi connectivity index (χ4n) is 2.87. The van der Waals surface area contributed by atoms with E-state index in [0.717, 1.165) is 11.1 Å². The minimum atomic E-state index is -0.494. The number of aryl methyl sites for hydroxylation is 2. The van der Waals surface area contributed by atoms with Crippen LogP contribution in [0.1, 0.15) is 56.0 Å². The average Bonchev–Trinajstić information content (AvgIpc) is 2.85. The SMILES string of the molecule is Cc1ccc(C)c(N2C(=O)c3ccc(C(=O)OCC(C)C)cc3C2=O)c1. The molecule has 1 aliphatic rings. The Morgan fingerprint density at radius 2 is 1.69 bits per heavy atom. The average molecular weight is 351 g/mol. The smallest absolute Gasteiger partial charge is 0.338 e. The maximum absolute atomic E-state index is 12.9. The second-order valence-electron chi connectivity index (χ2n) is 6.99. The van der Waals surface area contributed by atoms with E-state index in [4.69, 9.17) is 4.74 Å². The highest BCUT2D eigenvalue weighted by atomic mass is 16.5. The molecule has 0 radical (unpaired) electrons. The van der Waals surface area contributed by atoms with Gasteiger partial charge in [-0.05, 0) is 55.2 Å². The van der Waals surface area contributed by atoms with E-state index in [1.165, 1.54) is 23.1 Å². The van der Waals surface area contributed by atoms with Gasteiger partial charge < -0.3 is 4.74 Å². The predicted molar refractivity (Wildman–Crippen MR) is 98.6 cm³/mol. The molecule has 0 unspecified atom stereocenters. The Bertz CT molecular complexity index is 914. The first-order valence-corrected chi connectivity index (χ1v) is 8.57. The van der Waals surface area contributed by atoms with Crippen molar-refractivity contribution in [3.05, 3.63) is 64.2 Å². The third kappa shape index (κ3) is 3.12. The van der Waals surface area contributed by atoms with Crippen LogP contribution in [0.4, 0.5) is 5.69 Å². The summed E-state index contributed by atoms with van der Waals surface area (Å²) < 4.78 is 5.21. The van der Waals surface area contributed by atoms with Crippen molar-refractivity contribution in [2.45, 2.75) is 27.7 Å². The summed E-state index contributed by atoms with van der Waals surface area (Å²) in [7, 11) is 0. The van der Waals surface area contributed by atoms with Gasteiger partial charge in [-0.1, -0.05) is 26.0 Å². The number of amides is 2. The number of carbonyl (C=O) groups is 3. The molecule has 1 aliphatic heterocycles. The van der Waals surface area contributed by atoms with E-state index >= 15 is 0 Å². The topological polar surface area (TPSA) is 63.7 Å². The lowest BCUT2D eigenvalue weighted by Crippen LogP contribution is -2.30. The molecule has 0 N–H and O–H groups in total. The van der Waals surface area contributed by atoms with Gasteiger partial charge >= 0.3 is 5.97 Å². The fourth-order valence-corrected chi connectivity index (χ4v) is 2.87. The van der Waals surface area contributed by atoms with Gasteiger partial charge in [0.05, 0.1) is 29.0 Å². The number of imide groups is 1. The largest absolute Gasteiger partial charge is 0.462 e. The molecule has 0 saturated heterocycles. The van der Waals surface area contributed by atoms with Crippen molar-refractivity contribution in [2.24, 2.45) is 5.92 Å². The molecule has 0 spiro atoms. The van der Waals surface area contributed by atoms with Gasteiger partial charge in [0.2, 0.25) is 0 Å². The number of esters is 1. The van der Waals surface area contributed by atoms with Crippen molar-refractivity contribution in [3.63, 3.8) is 0 Å². The molecule has 5 heteroatoms. The van der Waals surface area contributed by atoms with Crippen LogP contribution in [0.2, 0.25) is 0 Å². The summed E-state index contributed by atoms with van der Waals surface area (Å²) in [4.78, 5) is 39.0. The zero-order valence-corrected chi connectivity index (χ0v) is 15.3. The zero-order chi connectivity index (χ0) is 19.0. The van der Waals surface area contributed by atoms with Crippen LogP contribution in [0.15, 0.2) is 36.4 Å². The molecule has 26 heavy (non-hydrogen) atoms. The Morgan fingerprint density at radius 3 is 2.38 bits per heavy atom. The first-order chi connectivity index (χ1) is 12.3. The molecule has 0 atom stereocenters.